The maximum Gasteiger partial charge on any atom is 0.320 e. The van der Waals surface area contributed by atoms with Crippen molar-refractivity contribution in [3.63, 3.8) is 0 Å². The van der Waals surface area contributed by atoms with Crippen LogP contribution >= 0.6 is 0 Å². The third kappa shape index (κ3) is 2.37. The normalized spacial score (nSPS) is 38.8. The molecule has 4 fully saturated rings. The zero-order valence-electron chi connectivity index (χ0n) is 12.8. The second kappa shape index (κ2) is 5.23. The average molecular weight is 300 g/mol. The lowest BCUT2D eigenvalue weighted by atomic mass is 9.49. The van der Waals surface area contributed by atoms with Gasteiger partial charge >= 0.3 is 6.03 Å². The molecule has 0 spiro atoms. The molecule has 5 rings (SSSR count). The molecule has 4 N–H and O–H groups in total. The molecule has 0 saturated heterocycles. The van der Waals surface area contributed by atoms with E-state index in [1.54, 1.807) is 12.3 Å². The summed E-state index contributed by atoms with van der Waals surface area (Å²) in [6.45, 7) is 0.570. The molecule has 0 aliphatic heterocycles. The average Bonchev–Trinajstić information content (AvgIpc) is 2.51. The van der Waals surface area contributed by atoms with Crippen molar-refractivity contribution in [2.24, 2.45) is 29.4 Å². The molecular weight excluding hydrogens is 276 g/mol. The van der Waals surface area contributed by atoms with Gasteiger partial charge in [0, 0.05) is 18.3 Å². The number of hydrogen-bond acceptors (Lipinski definition) is 3. The number of nitrogens with zero attached hydrogens (tertiary/aromatic N) is 1. The molecule has 2 amide bonds. The van der Waals surface area contributed by atoms with Crippen molar-refractivity contribution < 1.29 is 4.79 Å². The maximum absolute atomic E-state index is 12.1. The van der Waals surface area contributed by atoms with Gasteiger partial charge in [-0.15, -0.1) is 0 Å². The van der Waals surface area contributed by atoms with Crippen LogP contribution in [0, 0.1) is 23.7 Å². The van der Waals surface area contributed by atoms with E-state index < -0.39 is 0 Å². The van der Waals surface area contributed by atoms with Crippen LogP contribution in [0.2, 0.25) is 0 Å². The minimum atomic E-state index is -0.213. The first-order valence-corrected chi connectivity index (χ1v) is 8.38. The van der Waals surface area contributed by atoms with Crippen LogP contribution in [0.3, 0.4) is 0 Å². The molecule has 4 aliphatic rings. The molecule has 118 valence electrons. The second-order valence-corrected chi connectivity index (χ2v) is 7.44. The predicted molar refractivity (Wildman–Crippen MR) is 85.2 cm³/mol. The zero-order valence-corrected chi connectivity index (χ0v) is 12.8. The number of amides is 2. The van der Waals surface area contributed by atoms with E-state index in [1.807, 2.05) is 12.1 Å². The molecule has 1 aromatic heterocycles. The number of aromatic nitrogens is 1. The molecule has 4 saturated carbocycles. The molecule has 0 aromatic carbocycles. The van der Waals surface area contributed by atoms with Crippen molar-refractivity contribution in [1.82, 2.24) is 10.3 Å². The molecule has 1 heterocycles. The standard InChI is InChI=1S/C17H24N4O/c18-17(10-20-16(22)21-15-3-1-2-4-19-15)13-6-11-5-12(8-13)9-14(17)7-11/h1-4,11-14H,5-10,18H2,(H2,19,20,21,22). The van der Waals surface area contributed by atoms with Gasteiger partial charge < -0.3 is 11.1 Å². The summed E-state index contributed by atoms with van der Waals surface area (Å²) in [7, 11) is 0. The van der Waals surface area contributed by atoms with E-state index >= 15 is 0 Å². The topological polar surface area (TPSA) is 80.0 Å². The Morgan fingerprint density at radius 2 is 1.86 bits per heavy atom. The van der Waals surface area contributed by atoms with Gasteiger partial charge in [-0.05, 0) is 67.9 Å². The fourth-order valence-corrected chi connectivity index (χ4v) is 5.18. The van der Waals surface area contributed by atoms with E-state index in [-0.39, 0.29) is 11.6 Å². The number of rotatable bonds is 3. The Bertz CT molecular complexity index is 531. The quantitative estimate of drug-likeness (QED) is 0.801. The monoisotopic (exact) mass is 300 g/mol. The Labute approximate surface area is 131 Å². The molecule has 0 radical (unpaired) electrons. The molecule has 4 bridgehead atoms. The van der Waals surface area contributed by atoms with Crippen LogP contribution in [0.4, 0.5) is 10.6 Å². The Morgan fingerprint density at radius 1 is 1.18 bits per heavy atom. The van der Waals surface area contributed by atoms with Gasteiger partial charge in [-0.2, -0.15) is 0 Å². The third-order valence-electron chi connectivity index (χ3n) is 6.12. The first kappa shape index (κ1) is 14.0. The molecule has 1 aromatic rings. The molecule has 0 atom stereocenters. The third-order valence-corrected chi connectivity index (χ3v) is 6.12. The van der Waals surface area contributed by atoms with Crippen LogP contribution in [0.25, 0.3) is 0 Å². The van der Waals surface area contributed by atoms with Crippen molar-refractivity contribution >= 4 is 11.8 Å². The van der Waals surface area contributed by atoms with Gasteiger partial charge in [-0.3, -0.25) is 5.32 Å². The van der Waals surface area contributed by atoms with Gasteiger partial charge in [0.1, 0.15) is 5.82 Å². The maximum atomic E-state index is 12.1. The summed E-state index contributed by atoms with van der Waals surface area (Å²) in [5, 5.41) is 5.75. The Balaban J connectivity index is 1.38. The van der Waals surface area contributed by atoms with Crippen LogP contribution < -0.4 is 16.4 Å². The minimum Gasteiger partial charge on any atom is -0.336 e. The van der Waals surface area contributed by atoms with Crippen molar-refractivity contribution in [3.05, 3.63) is 24.4 Å². The number of carbonyl (C=O) groups is 1. The Morgan fingerprint density at radius 3 is 2.45 bits per heavy atom. The fraction of sp³-hybridized carbons (Fsp3) is 0.647. The lowest BCUT2D eigenvalue weighted by Crippen LogP contribution is -2.67. The van der Waals surface area contributed by atoms with Gasteiger partial charge in [-0.1, -0.05) is 6.07 Å². The summed E-state index contributed by atoms with van der Waals surface area (Å²) in [5.41, 5.74) is 6.56. The predicted octanol–water partition coefficient (Wildman–Crippen LogP) is 2.36. The van der Waals surface area contributed by atoms with E-state index in [9.17, 15) is 4.79 Å². The summed E-state index contributed by atoms with van der Waals surface area (Å²) in [4.78, 5) is 16.2. The number of urea groups is 1. The van der Waals surface area contributed by atoms with Crippen LogP contribution in [0.1, 0.15) is 32.1 Å². The highest BCUT2D eigenvalue weighted by atomic mass is 16.2. The lowest BCUT2D eigenvalue weighted by molar-refractivity contribution is -0.0528. The molecule has 22 heavy (non-hydrogen) atoms. The van der Waals surface area contributed by atoms with Gasteiger partial charge in [-0.25, -0.2) is 9.78 Å². The van der Waals surface area contributed by atoms with Gasteiger partial charge in [0.15, 0.2) is 0 Å². The summed E-state index contributed by atoms with van der Waals surface area (Å²) in [6, 6.07) is 5.25. The zero-order chi connectivity index (χ0) is 15.2. The van der Waals surface area contributed by atoms with Crippen LogP contribution in [-0.2, 0) is 0 Å². The van der Waals surface area contributed by atoms with Gasteiger partial charge in [0.2, 0.25) is 0 Å². The van der Waals surface area contributed by atoms with Crippen LogP contribution in [-0.4, -0.2) is 23.1 Å². The van der Waals surface area contributed by atoms with Crippen molar-refractivity contribution in [2.45, 2.75) is 37.6 Å². The van der Waals surface area contributed by atoms with Crippen molar-refractivity contribution in [3.8, 4) is 0 Å². The second-order valence-electron chi connectivity index (χ2n) is 7.44. The van der Waals surface area contributed by atoms with Crippen LogP contribution in [0.15, 0.2) is 24.4 Å². The molecule has 4 aliphatic carbocycles. The summed E-state index contributed by atoms with van der Waals surface area (Å²) in [5.74, 6) is 3.51. The molecule has 5 heteroatoms. The number of pyridine rings is 1. The Kier molecular flexibility index (Phi) is 3.33. The summed E-state index contributed by atoms with van der Waals surface area (Å²) in [6.07, 6.45) is 8.11. The van der Waals surface area contributed by atoms with E-state index in [0.717, 1.165) is 11.8 Å². The van der Waals surface area contributed by atoms with E-state index in [4.69, 9.17) is 5.73 Å². The number of nitrogens with one attached hydrogen (secondary N) is 2. The molecule has 5 nitrogen and oxygen atoms in total. The van der Waals surface area contributed by atoms with E-state index in [0.29, 0.717) is 24.2 Å². The largest absolute Gasteiger partial charge is 0.336 e. The number of anilines is 1. The number of nitrogens with two attached hydrogens (primary N) is 1. The highest BCUT2D eigenvalue weighted by Gasteiger charge is 2.55. The van der Waals surface area contributed by atoms with Crippen molar-refractivity contribution in [1.29, 1.82) is 0 Å². The van der Waals surface area contributed by atoms with E-state index in [2.05, 4.69) is 15.6 Å². The van der Waals surface area contributed by atoms with E-state index in [1.165, 1.54) is 32.1 Å². The highest BCUT2D eigenvalue weighted by Crippen LogP contribution is 2.57. The minimum absolute atomic E-state index is 0.211. The van der Waals surface area contributed by atoms with Crippen LogP contribution in [0.5, 0.6) is 0 Å². The van der Waals surface area contributed by atoms with Crippen molar-refractivity contribution in [2.75, 3.05) is 11.9 Å². The SMILES string of the molecule is NC1(CNC(=O)Nc2ccccn2)C2CC3CC(C2)CC1C3. The fourth-order valence-electron chi connectivity index (χ4n) is 5.18. The Hall–Kier alpha value is -1.62. The van der Waals surface area contributed by atoms with Gasteiger partial charge in [0.05, 0.1) is 0 Å². The highest BCUT2D eigenvalue weighted by molar-refractivity contribution is 5.88. The first-order chi connectivity index (χ1) is 10.6. The van der Waals surface area contributed by atoms with Gasteiger partial charge in [0.25, 0.3) is 0 Å². The molecular formula is C17H24N4O. The molecule has 0 unspecified atom stereocenters. The first-order valence-electron chi connectivity index (χ1n) is 8.38. The lowest BCUT2D eigenvalue weighted by Gasteiger charge is -2.59. The smallest absolute Gasteiger partial charge is 0.320 e. The number of hydrogen-bond donors (Lipinski definition) is 3. The summed E-state index contributed by atoms with van der Waals surface area (Å²) >= 11 is 0. The number of carbonyl (C=O) groups excluding carboxylic acids is 1. The summed E-state index contributed by atoms with van der Waals surface area (Å²) < 4.78 is 0.